The zero-order chi connectivity index (χ0) is 28.3. The molecule has 2 N–H and O–H groups in total. The fraction of sp³-hybridized carbons (Fsp3) is 0.452. The Kier molecular flexibility index (Phi) is 8.97. The first-order chi connectivity index (χ1) is 18.5. The van der Waals surface area contributed by atoms with Crippen LogP contribution in [0.2, 0.25) is 0 Å². The number of carbonyl (C=O) groups is 2. The van der Waals surface area contributed by atoms with Crippen LogP contribution in [-0.4, -0.2) is 51.6 Å². The van der Waals surface area contributed by atoms with Crippen LogP contribution in [0, 0.1) is 5.82 Å². The molecule has 4 atom stereocenters. The van der Waals surface area contributed by atoms with Gasteiger partial charge in [0.25, 0.3) is 0 Å². The summed E-state index contributed by atoms with van der Waals surface area (Å²) in [4.78, 5) is 28.9. The summed E-state index contributed by atoms with van der Waals surface area (Å²) in [6.07, 6.45) is 5.08. The molecule has 8 heteroatoms. The second-order valence-electron chi connectivity index (χ2n) is 10.9. The largest absolute Gasteiger partial charge is 0.458 e. The van der Waals surface area contributed by atoms with Gasteiger partial charge in [-0.3, -0.25) is 14.6 Å². The molecule has 2 aliphatic heterocycles. The lowest BCUT2D eigenvalue weighted by Gasteiger charge is -2.25. The van der Waals surface area contributed by atoms with Crippen LogP contribution in [0.3, 0.4) is 0 Å². The van der Waals surface area contributed by atoms with Gasteiger partial charge in [-0.2, -0.15) is 0 Å². The Morgan fingerprint density at radius 3 is 1.64 bits per heavy atom. The fourth-order valence-electron chi connectivity index (χ4n) is 5.06. The quantitative estimate of drug-likeness (QED) is 0.462. The molecule has 0 spiro atoms. The van der Waals surface area contributed by atoms with Gasteiger partial charge in [0.05, 0.1) is 36.4 Å². The van der Waals surface area contributed by atoms with Crippen LogP contribution in [0.4, 0.5) is 4.39 Å². The summed E-state index contributed by atoms with van der Waals surface area (Å²) in [7, 11) is 0. The van der Waals surface area contributed by atoms with E-state index in [-0.39, 0.29) is 30.5 Å². The molecule has 1 aromatic carbocycles. The van der Waals surface area contributed by atoms with Crippen LogP contribution in [0.25, 0.3) is 23.3 Å². The van der Waals surface area contributed by atoms with E-state index in [9.17, 15) is 24.2 Å². The lowest BCUT2D eigenvalue weighted by Crippen LogP contribution is -2.31. The van der Waals surface area contributed by atoms with Crippen molar-refractivity contribution >= 4 is 24.1 Å². The molecule has 2 aliphatic rings. The smallest absolute Gasteiger partial charge is 0.309 e. The Bertz CT molecular complexity index is 1190. The van der Waals surface area contributed by atoms with Crippen molar-refractivity contribution in [3.63, 3.8) is 0 Å². The molecule has 1 aromatic heterocycles. The number of hydrogen-bond donors (Lipinski definition) is 2. The number of esters is 2. The van der Waals surface area contributed by atoms with Gasteiger partial charge < -0.3 is 19.7 Å². The van der Waals surface area contributed by atoms with E-state index in [1.54, 1.807) is 24.3 Å². The third-order valence-corrected chi connectivity index (χ3v) is 6.89. The molecule has 0 amide bonds. The topological polar surface area (TPSA) is 106 Å². The molecule has 0 radical (unpaired) electrons. The number of carbonyl (C=O) groups excluding carboxylic acids is 2. The molecule has 4 rings (SSSR count). The number of nitrogens with zero attached hydrogens (tertiary/aromatic N) is 1. The summed E-state index contributed by atoms with van der Waals surface area (Å²) in [5.74, 6) is -1.19. The number of ether oxygens (including phenoxy) is 2. The number of hydrogen-bond acceptors (Lipinski definition) is 7. The molecule has 0 aliphatic carbocycles. The van der Waals surface area contributed by atoms with Crippen LogP contribution in [0.5, 0.6) is 0 Å². The lowest BCUT2D eigenvalue weighted by atomic mass is 9.86. The number of rotatable bonds is 7. The zero-order valence-electron chi connectivity index (χ0n) is 22.8. The van der Waals surface area contributed by atoms with Crippen molar-refractivity contribution in [1.29, 1.82) is 0 Å². The third kappa shape index (κ3) is 6.99. The highest BCUT2D eigenvalue weighted by atomic mass is 19.1. The maximum Gasteiger partial charge on any atom is 0.309 e. The van der Waals surface area contributed by atoms with Crippen molar-refractivity contribution in [2.24, 2.45) is 0 Å². The minimum atomic E-state index is -0.768. The average molecular weight is 538 g/mol. The van der Waals surface area contributed by atoms with E-state index < -0.39 is 36.4 Å². The van der Waals surface area contributed by atoms with Gasteiger partial charge in [0, 0.05) is 24.0 Å². The first kappa shape index (κ1) is 28.6. The maximum absolute atomic E-state index is 14.0. The van der Waals surface area contributed by atoms with Crippen molar-refractivity contribution in [2.75, 3.05) is 0 Å². The molecule has 4 unspecified atom stereocenters. The van der Waals surface area contributed by atoms with Crippen LogP contribution in [-0.2, 0) is 19.1 Å². The number of cyclic esters (lactones) is 2. The SMILES string of the molecule is CC(C)c1nc(C(C)C)c(C=CC2CC(O)CC(=O)O2)c(-c2ccc(F)cc2)c1C=CC1CC(O)CC(=O)O1. The highest BCUT2D eigenvalue weighted by Gasteiger charge is 2.28. The van der Waals surface area contributed by atoms with Gasteiger partial charge in [0.2, 0.25) is 0 Å². The van der Waals surface area contributed by atoms with Gasteiger partial charge in [-0.1, -0.05) is 52.0 Å². The number of benzene rings is 1. The van der Waals surface area contributed by atoms with Crippen molar-refractivity contribution in [3.05, 3.63) is 64.7 Å². The van der Waals surface area contributed by atoms with E-state index in [0.29, 0.717) is 12.8 Å². The Hall–Kier alpha value is -3.36. The highest BCUT2D eigenvalue weighted by molar-refractivity contribution is 5.86. The predicted molar refractivity (Wildman–Crippen MR) is 146 cm³/mol. The summed E-state index contributed by atoms with van der Waals surface area (Å²) in [6.45, 7) is 8.17. The Morgan fingerprint density at radius 1 is 0.821 bits per heavy atom. The Labute approximate surface area is 228 Å². The molecule has 208 valence electrons. The third-order valence-electron chi connectivity index (χ3n) is 6.89. The van der Waals surface area contributed by atoms with E-state index in [0.717, 1.165) is 33.6 Å². The molecular formula is C31H36FNO6. The monoisotopic (exact) mass is 537 g/mol. The van der Waals surface area contributed by atoms with Crippen LogP contribution >= 0.6 is 0 Å². The first-order valence-electron chi connectivity index (χ1n) is 13.5. The summed E-state index contributed by atoms with van der Waals surface area (Å²) in [6, 6.07) is 6.23. The van der Waals surface area contributed by atoms with E-state index in [1.165, 1.54) is 12.1 Å². The normalized spacial score (nSPS) is 24.1. The van der Waals surface area contributed by atoms with Crippen molar-refractivity contribution in [1.82, 2.24) is 4.98 Å². The van der Waals surface area contributed by atoms with Crippen molar-refractivity contribution in [2.45, 2.75) is 89.6 Å². The first-order valence-corrected chi connectivity index (χ1v) is 13.5. The molecule has 3 heterocycles. The predicted octanol–water partition coefficient (Wildman–Crippen LogP) is 5.29. The van der Waals surface area contributed by atoms with Gasteiger partial charge in [-0.25, -0.2) is 4.39 Å². The minimum absolute atomic E-state index is 0.0254. The van der Waals surface area contributed by atoms with Gasteiger partial charge in [-0.05, 0) is 47.2 Å². The Morgan fingerprint density at radius 2 is 1.26 bits per heavy atom. The summed E-state index contributed by atoms with van der Waals surface area (Å²) in [5.41, 5.74) is 4.82. The highest BCUT2D eigenvalue weighted by Crippen LogP contribution is 2.39. The molecule has 39 heavy (non-hydrogen) atoms. The number of aliphatic hydroxyl groups excluding tert-OH is 2. The van der Waals surface area contributed by atoms with E-state index in [1.807, 2.05) is 39.8 Å². The van der Waals surface area contributed by atoms with Crippen molar-refractivity contribution < 1.29 is 33.7 Å². The standard InChI is InChI=1S/C31H36FNO6/c1-17(2)30-25(11-9-23-13-21(34)15-27(36)38-23)29(19-5-7-20(32)8-6-19)26(31(33-30)18(3)4)12-10-24-14-22(35)16-28(37)39-24/h5-12,17-18,21-24,34-35H,13-16H2,1-4H3. The molecule has 0 bridgehead atoms. The summed E-state index contributed by atoms with van der Waals surface area (Å²) in [5, 5.41) is 20.2. The number of pyridine rings is 1. The molecule has 0 saturated carbocycles. The van der Waals surface area contributed by atoms with Crippen LogP contribution in [0.15, 0.2) is 36.4 Å². The fourth-order valence-corrected chi connectivity index (χ4v) is 5.06. The van der Waals surface area contributed by atoms with Gasteiger partial charge in [-0.15, -0.1) is 0 Å². The number of halogens is 1. The summed E-state index contributed by atoms with van der Waals surface area (Å²) < 4.78 is 24.8. The van der Waals surface area contributed by atoms with Gasteiger partial charge in [0.15, 0.2) is 0 Å². The van der Waals surface area contributed by atoms with Gasteiger partial charge in [0.1, 0.15) is 18.0 Å². The molecule has 2 saturated heterocycles. The molecule has 2 aromatic rings. The van der Waals surface area contributed by atoms with E-state index in [4.69, 9.17) is 14.5 Å². The molecule has 7 nitrogen and oxygen atoms in total. The van der Waals surface area contributed by atoms with E-state index >= 15 is 0 Å². The van der Waals surface area contributed by atoms with Gasteiger partial charge >= 0.3 is 11.9 Å². The van der Waals surface area contributed by atoms with E-state index in [2.05, 4.69) is 0 Å². The summed E-state index contributed by atoms with van der Waals surface area (Å²) >= 11 is 0. The average Bonchev–Trinajstić information content (AvgIpc) is 2.85. The Balaban J connectivity index is 1.91. The molecule has 2 fully saturated rings. The van der Waals surface area contributed by atoms with Crippen molar-refractivity contribution in [3.8, 4) is 11.1 Å². The van der Waals surface area contributed by atoms with Crippen LogP contribution < -0.4 is 0 Å². The maximum atomic E-state index is 14.0. The second kappa shape index (κ2) is 12.2. The zero-order valence-corrected chi connectivity index (χ0v) is 22.8. The lowest BCUT2D eigenvalue weighted by molar-refractivity contribution is -0.157. The minimum Gasteiger partial charge on any atom is -0.458 e. The second-order valence-corrected chi connectivity index (χ2v) is 10.9. The number of aliphatic hydroxyl groups is 2. The molecular weight excluding hydrogens is 501 g/mol. The van der Waals surface area contributed by atoms with Crippen LogP contribution in [0.1, 0.15) is 87.7 Å². The number of aromatic nitrogens is 1.